The summed E-state index contributed by atoms with van der Waals surface area (Å²) < 4.78 is 2.09. The van der Waals surface area contributed by atoms with Crippen LogP contribution in [0.25, 0.3) is 0 Å². The van der Waals surface area contributed by atoms with Crippen molar-refractivity contribution < 1.29 is 20.4 Å². The van der Waals surface area contributed by atoms with Gasteiger partial charge in [-0.05, 0) is 0 Å². The minimum Gasteiger partial charge on any atom is -0.394 e. The van der Waals surface area contributed by atoms with Gasteiger partial charge >= 0.3 is 5.69 Å². The normalized spacial score (nSPS) is 15.7. The fourth-order valence-corrected chi connectivity index (χ4v) is 1.60. The first-order chi connectivity index (χ1) is 9.29. The molecule has 0 aliphatic rings. The molecular formula is C11H19N3O6. The van der Waals surface area contributed by atoms with Crippen LogP contribution >= 0.6 is 0 Å². The minimum atomic E-state index is -1.55. The van der Waals surface area contributed by atoms with E-state index in [1.807, 2.05) is 0 Å². The Morgan fingerprint density at radius 3 is 2.30 bits per heavy atom. The lowest BCUT2D eigenvalue weighted by Crippen LogP contribution is -2.44. The molecule has 1 rings (SSSR count). The molecule has 0 spiro atoms. The van der Waals surface area contributed by atoms with Crippen molar-refractivity contribution in [1.29, 1.82) is 0 Å². The van der Waals surface area contributed by atoms with Gasteiger partial charge in [-0.25, -0.2) is 4.79 Å². The van der Waals surface area contributed by atoms with E-state index in [2.05, 4.69) is 5.32 Å². The first-order valence-corrected chi connectivity index (χ1v) is 5.95. The topological polar surface area (TPSA) is 137 Å². The Morgan fingerprint density at radius 1 is 1.15 bits per heavy atom. The molecule has 0 saturated carbocycles. The van der Waals surface area contributed by atoms with E-state index in [1.54, 1.807) is 0 Å². The molecule has 0 saturated heterocycles. The highest BCUT2D eigenvalue weighted by Crippen LogP contribution is 2.03. The molecule has 0 amide bonds. The van der Waals surface area contributed by atoms with E-state index in [0.29, 0.717) is 0 Å². The summed E-state index contributed by atoms with van der Waals surface area (Å²) in [6, 6.07) is 1.17. The van der Waals surface area contributed by atoms with Crippen molar-refractivity contribution in [2.75, 3.05) is 18.5 Å². The van der Waals surface area contributed by atoms with E-state index >= 15 is 0 Å². The Morgan fingerprint density at radius 2 is 1.75 bits per heavy atom. The van der Waals surface area contributed by atoms with Gasteiger partial charge in [-0.3, -0.25) is 13.9 Å². The maximum absolute atomic E-state index is 11.6. The fraction of sp³-hybridized carbons (Fsp3) is 0.636. The summed E-state index contributed by atoms with van der Waals surface area (Å²) in [6.45, 7) is -0.902. The fourth-order valence-electron chi connectivity index (χ4n) is 1.60. The molecule has 0 unspecified atom stereocenters. The van der Waals surface area contributed by atoms with Crippen molar-refractivity contribution in [2.24, 2.45) is 14.1 Å². The minimum absolute atomic E-state index is 0.169. The maximum atomic E-state index is 11.6. The van der Waals surface area contributed by atoms with Gasteiger partial charge in [0.05, 0.1) is 12.7 Å². The molecule has 0 radical (unpaired) electrons. The highest BCUT2D eigenvalue weighted by atomic mass is 16.4. The molecule has 5 N–H and O–H groups in total. The summed E-state index contributed by atoms with van der Waals surface area (Å²) in [5.41, 5.74) is -1.05. The average molecular weight is 289 g/mol. The van der Waals surface area contributed by atoms with Crippen LogP contribution in [0, 0.1) is 0 Å². The Balaban J connectivity index is 2.81. The number of hydrogen-bond acceptors (Lipinski definition) is 7. The van der Waals surface area contributed by atoms with Crippen molar-refractivity contribution >= 4 is 5.82 Å². The first kappa shape index (κ1) is 16.4. The van der Waals surface area contributed by atoms with Crippen LogP contribution in [-0.2, 0) is 14.1 Å². The van der Waals surface area contributed by atoms with Gasteiger partial charge in [0.25, 0.3) is 5.56 Å². The van der Waals surface area contributed by atoms with Gasteiger partial charge in [0.15, 0.2) is 0 Å². The van der Waals surface area contributed by atoms with Crippen molar-refractivity contribution in [1.82, 2.24) is 9.13 Å². The van der Waals surface area contributed by atoms with Crippen molar-refractivity contribution in [2.45, 2.75) is 18.3 Å². The zero-order valence-corrected chi connectivity index (χ0v) is 11.2. The molecule has 3 atom stereocenters. The second kappa shape index (κ2) is 6.66. The second-order valence-corrected chi connectivity index (χ2v) is 4.46. The molecule has 0 aromatic carbocycles. The summed E-state index contributed by atoms with van der Waals surface area (Å²) in [4.78, 5) is 23.1. The third-order valence-corrected chi connectivity index (χ3v) is 2.99. The van der Waals surface area contributed by atoms with E-state index in [4.69, 9.17) is 5.11 Å². The van der Waals surface area contributed by atoms with E-state index in [0.717, 1.165) is 4.57 Å². The van der Waals surface area contributed by atoms with E-state index < -0.39 is 36.2 Å². The summed E-state index contributed by atoms with van der Waals surface area (Å²) in [5, 5.41) is 39.5. The zero-order valence-electron chi connectivity index (χ0n) is 11.2. The summed E-state index contributed by atoms with van der Waals surface area (Å²) >= 11 is 0. The van der Waals surface area contributed by atoms with Crippen LogP contribution in [0.1, 0.15) is 0 Å². The van der Waals surface area contributed by atoms with Crippen LogP contribution in [-0.4, -0.2) is 61.0 Å². The van der Waals surface area contributed by atoms with Crippen molar-refractivity contribution in [3.8, 4) is 0 Å². The Kier molecular flexibility index (Phi) is 5.45. The summed E-state index contributed by atoms with van der Waals surface area (Å²) in [7, 11) is 2.78. The van der Waals surface area contributed by atoms with Crippen molar-refractivity contribution in [3.63, 3.8) is 0 Å². The number of aliphatic hydroxyl groups is 4. The number of anilines is 1. The SMILES string of the molecule is Cn1c(NC[C@@H](O)[C@@H](O)[C@H](O)CO)cc(=O)n(C)c1=O. The highest BCUT2D eigenvalue weighted by Gasteiger charge is 2.24. The van der Waals surface area contributed by atoms with Crippen LogP contribution in [0.2, 0.25) is 0 Å². The molecule has 1 heterocycles. The standard InChI is InChI=1S/C11H19N3O6/c1-13-8(3-9(18)14(2)11(13)20)12-4-6(16)10(19)7(17)5-15/h3,6-7,10,12,15-17,19H,4-5H2,1-2H3/t6-,7-,10-/m1/s1. The van der Waals surface area contributed by atoms with E-state index in [-0.39, 0.29) is 12.4 Å². The first-order valence-electron chi connectivity index (χ1n) is 5.95. The molecule has 0 fully saturated rings. The van der Waals surface area contributed by atoms with Gasteiger partial charge < -0.3 is 25.7 Å². The number of aliphatic hydroxyl groups excluding tert-OH is 4. The number of rotatable bonds is 6. The van der Waals surface area contributed by atoms with Gasteiger partial charge in [0.1, 0.15) is 18.0 Å². The molecule has 1 aromatic heterocycles. The van der Waals surface area contributed by atoms with Crippen LogP contribution < -0.4 is 16.6 Å². The quantitative estimate of drug-likeness (QED) is 0.367. The summed E-state index contributed by atoms with van der Waals surface area (Å²) in [6.07, 6.45) is -4.40. The van der Waals surface area contributed by atoms with Gasteiger partial charge in [-0.2, -0.15) is 0 Å². The maximum Gasteiger partial charge on any atom is 0.332 e. The third-order valence-electron chi connectivity index (χ3n) is 2.99. The van der Waals surface area contributed by atoms with Gasteiger partial charge in [-0.1, -0.05) is 0 Å². The number of hydrogen-bond donors (Lipinski definition) is 5. The lowest BCUT2D eigenvalue weighted by atomic mass is 10.1. The molecule has 9 heteroatoms. The molecule has 114 valence electrons. The molecule has 0 bridgehead atoms. The van der Waals surface area contributed by atoms with Crippen LogP contribution in [0.15, 0.2) is 15.7 Å². The number of aromatic nitrogens is 2. The van der Waals surface area contributed by atoms with Gasteiger partial charge in [0.2, 0.25) is 0 Å². The van der Waals surface area contributed by atoms with E-state index in [1.165, 1.54) is 24.7 Å². The predicted octanol–water partition coefficient (Wildman–Crippen LogP) is -3.43. The Bertz CT molecular complexity index is 566. The Hall–Kier alpha value is -1.68. The molecule has 9 nitrogen and oxygen atoms in total. The van der Waals surface area contributed by atoms with Crippen molar-refractivity contribution in [3.05, 3.63) is 26.9 Å². The number of nitrogens with one attached hydrogen (secondary N) is 1. The van der Waals surface area contributed by atoms with Crippen LogP contribution in [0.3, 0.4) is 0 Å². The molecule has 20 heavy (non-hydrogen) atoms. The van der Waals surface area contributed by atoms with Gasteiger partial charge in [-0.15, -0.1) is 0 Å². The lowest BCUT2D eigenvalue weighted by molar-refractivity contribution is -0.0715. The zero-order chi connectivity index (χ0) is 15.4. The number of nitrogens with zero attached hydrogens (tertiary/aromatic N) is 2. The smallest absolute Gasteiger partial charge is 0.332 e. The molecule has 0 aliphatic heterocycles. The van der Waals surface area contributed by atoms with Gasteiger partial charge in [0, 0.05) is 26.7 Å². The van der Waals surface area contributed by atoms with Crippen LogP contribution in [0.5, 0.6) is 0 Å². The monoisotopic (exact) mass is 289 g/mol. The second-order valence-electron chi connectivity index (χ2n) is 4.46. The Labute approximate surface area is 114 Å². The molecule has 0 aliphatic carbocycles. The predicted molar refractivity (Wildman–Crippen MR) is 70.5 cm³/mol. The lowest BCUT2D eigenvalue weighted by Gasteiger charge is -2.22. The average Bonchev–Trinajstić information content (AvgIpc) is 2.45. The largest absolute Gasteiger partial charge is 0.394 e. The van der Waals surface area contributed by atoms with E-state index in [9.17, 15) is 24.9 Å². The van der Waals surface area contributed by atoms with Crippen LogP contribution in [0.4, 0.5) is 5.82 Å². The third kappa shape index (κ3) is 3.45. The molecule has 1 aromatic rings. The summed E-state index contributed by atoms with van der Waals surface area (Å²) in [5.74, 6) is 0.169. The molecular weight excluding hydrogens is 270 g/mol. The highest BCUT2D eigenvalue weighted by molar-refractivity contribution is 5.33.